The lowest BCUT2D eigenvalue weighted by molar-refractivity contribution is 0.265. The van der Waals surface area contributed by atoms with Gasteiger partial charge >= 0.3 is 0 Å². The molecule has 0 aromatic rings. The monoisotopic (exact) mass is 217 g/mol. The van der Waals surface area contributed by atoms with Gasteiger partial charge < -0.3 is 5.32 Å². The molecule has 0 aromatic carbocycles. The van der Waals surface area contributed by atoms with Crippen molar-refractivity contribution >= 4 is 9.84 Å². The Labute approximate surface area is 86.2 Å². The lowest BCUT2D eigenvalue weighted by atomic mass is 9.85. The number of nitrogens with one attached hydrogen (secondary N) is 1. The summed E-state index contributed by atoms with van der Waals surface area (Å²) in [7, 11) is -2.75. The predicted molar refractivity (Wildman–Crippen MR) is 57.0 cm³/mol. The Hall–Kier alpha value is -0.0900. The normalized spacial score (nSPS) is 36.9. The van der Waals surface area contributed by atoms with Crippen LogP contribution in [0.1, 0.15) is 32.6 Å². The average Bonchev–Trinajstić information content (AvgIpc) is 2.23. The van der Waals surface area contributed by atoms with Crippen LogP contribution in [0, 0.1) is 5.92 Å². The zero-order valence-electron chi connectivity index (χ0n) is 8.75. The minimum atomic E-state index is -2.75. The summed E-state index contributed by atoms with van der Waals surface area (Å²) in [6, 6.07) is 0. The minimum absolute atomic E-state index is 0.144. The molecule has 0 spiro atoms. The number of rotatable bonds is 3. The fraction of sp³-hybridized carbons (Fsp3) is 1.00. The van der Waals surface area contributed by atoms with E-state index in [9.17, 15) is 8.42 Å². The molecule has 4 heteroatoms. The van der Waals surface area contributed by atoms with Crippen LogP contribution in [0.25, 0.3) is 0 Å². The molecular formula is C10H19NO2S. The standard InChI is InChI=1S/C10H19NO2S/c1-10(5-6-14(12,13)8-10)11-7-9-3-2-4-9/h9,11H,2-8H2,1H3. The van der Waals surface area contributed by atoms with Crippen LogP contribution in [0.2, 0.25) is 0 Å². The largest absolute Gasteiger partial charge is 0.310 e. The van der Waals surface area contributed by atoms with Gasteiger partial charge in [0, 0.05) is 5.54 Å². The summed E-state index contributed by atoms with van der Waals surface area (Å²) in [6.07, 6.45) is 4.76. The van der Waals surface area contributed by atoms with E-state index in [1.54, 1.807) is 0 Å². The van der Waals surface area contributed by atoms with Gasteiger partial charge in [-0.05, 0) is 38.6 Å². The Morgan fingerprint density at radius 2 is 2.14 bits per heavy atom. The summed E-state index contributed by atoms with van der Waals surface area (Å²) >= 11 is 0. The molecule has 1 aliphatic carbocycles. The number of hydrogen-bond acceptors (Lipinski definition) is 3. The summed E-state index contributed by atoms with van der Waals surface area (Å²) in [5.74, 6) is 1.49. The van der Waals surface area contributed by atoms with Crippen LogP contribution in [0.15, 0.2) is 0 Å². The summed E-state index contributed by atoms with van der Waals surface area (Å²) in [5.41, 5.74) is -0.144. The summed E-state index contributed by atoms with van der Waals surface area (Å²) in [6.45, 7) is 3.04. The zero-order chi connectivity index (χ0) is 10.2. The van der Waals surface area contributed by atoms with Crippen molar-refractivity contribution < 1.29 is 8.42 Å². The maximum absolute atomic E-state index is 11.3. The van der Waals surface area contributed by atoms with E-state index in [4.69, 9.17) is 0 Å². The predicted octanol–water partition coefficient (Wildman–Crippen LogP) is 0.953. The number of hydrogen-bond donors (Lipinski definition) is 1. The Kier molecular flexibility index (Phi) is 2.60. The van der Waals surface area contributed by atoms with Crippen molar-refractivity contribution in [3.05, 3.63) is 0 Å². The highest BCUT2D eigenvalue weighted by molar-refractivity contribution is 7.91. The number of sulfone groups is 1. The van der Waals surface area contributed by atoms with Gasteiger partial charge in [-0.25, -0.2) is 8.42 Å². The summed E-state index contributed by atoms with van der Waals surface area (Å²) in [4.78, 5) is 0. The molecule has 0 amide bonds. The van der Waals surface area contributed by atoms with Crippen molar-refractivity contribution in [1.29, 1.82) is 0 Å². The average molecular weight is 217 g/mol. The van der Waals surface area contributed by atoms with Crippen LogP contribution in [0.3, 0.4) is 0 Å². The van der Waals surface area contributed by atoms with Gasteiger partial charge in [-0.2, -0.15) is 0 Å². The molecule has 0 bridgehead atoms. The molecule has 1 saturated heterocycles. The smallest absolute Gasteiger partial charge is 0.152 e. The van der Waals surface area contributed by atoms with Gasteiger partial charge in [0.15, 0.2) is 9.84 Å². The van der Waals surface area contributed by atoms with Gasteiger partial charge in [0.05, 0.1) is 11.5 Å². The van der Waals surface area contributed by atoms with E-state index in [1.807, 2.05) is 6.92 Å². The molecule has 2 aliphatic rings. The van der Waals surface area contributed by atoms with E-state index < -0.39 is 9.84 Å². The van der Waals surface area contributed by atoms with Crippen molar-refractivity contribution in [2.75, 3.05) is 18.1 Å². The Bertz CT molecular complexity index is 308. The molecule has 14 heavy (non-hydrogen) atoms. The van der Waals surface area contributed by atoms with Crippen LogP contribution >= 0.6 is 0 Å². The van der Waals surface area contributed by atoms with E-state index in [-0.39, 0.29) is 5.54 Å². The fourth-order valence-corrected chi connectivity index (χ4v) is 4.36. The van der Waals surface area contributed by atoms with E-state index in [2.05, 4.69) is 5.32 Å². The first-order valence-electron chi connectivity index (χ1n) is 5.45. The van der Waals surface area contributed by atoms with E-state index in [0.717, 1.165) is 18.9 Å². The molecule has 1 atom stereocenters. The fourth-order valence-electron chi connectivity index (χ4n) is 2.24. The molecule has 3 nitrogen and oxygen atoms in total. The SMILES string of the molecule is CC1(NCC2CCC2)CCS(=O)(=O)C1. The van der Waals surface area contributed by atoms with E-state index in [0.29, 0.717) is 11.5 Å². The first-order valence-corrected chi connectivity index (χ1v) is 7.27. The Morgan fingerprint density at radius 3 is 2.57 bits per heavy atom. The summed E-state index contributed by atoms with van der Waals surface area (Å²) < 4.78 is 22.7. The molecule has 0 aromatic heterocycles. The molecule has 1 aliphatic heterocycles. The van der Waals surface area contributed by atoms with Gasteiger partial charge in [0.2, 0.25) is 0 Å². The molecule has 82 valence electrons. The highest BCUT2D eigenvalue weighted by Gasteiger charge is 2.38. The van der Waals surface area contributed by atoms with Gasteiger partial charge in [0.1, 0.15) is 0 Å². The quantitative estimate of drug-likeness (QED) is 0.765. The maximum atomic E-state index is 11.3. The minimum Gasteiger partial charge on any atom is -0.310 e. The van der Waals surface area contributed by atoms with Gasteiger partial charge in [0.25, 0.3) is 0 Å². The molecule has 1 saturated carbocycles. The molecule has 1 N–H and O–H groups in total. The van der Waals surface area contributed by atoms with Gasteiger partial charge in [-0.1, -0.05) is 6.42 Å². The van der Waals surface area contributed by atoms with E-state index >= 15 is 0 Å². The first kappa shape index (κ1) is 10.4. The lowest BCUT2D eigenvalue weighted by Crippen LogP contribution is -2.46. The second-order valence-corrected chi connectivity index (χ2v) is 7.26. The molecule has 1 heterocycles. The maximum Gasteiger partial charge on any atom is 0.152 e. The molecule has 0 radical (unpaired) electrons. The molecule has 2 rings (SSSR count). The van der Waals surface area contributed by atoms with Crippen LogP contribution in [-0.4, -0.2) is 32.0 Å². The first-order chi connectivity index (χ1) is 6.49. The summed E-state index contributed by atoms with van der Waals surface area (Å²) in [5, 5.41) is 3.44. The van der Waals surface area contributed by atoms with Crippen LogP contribution in [0.5, 0.6) is 0 Å². The molecule has 2 fully saturated rings. The van der Waals surface area contributed by atoms with Gasteiger partial charge in [-0.3, -0.25) is 0 Å². The van der Waals surface area contributed by atoms with E-state index in [1.165, 1.54) is 19.3 Å². The topological polar surface area (TPSA) is 46.2 Å². The molecule has 1 unspecified atom stereocenters. The Balaban J connectivity index is 1.84. The van der Waals surface area contributed by atoms with Gasteiger partial charge in [-0.15, -0.1) is 0 Å². The lowest BCUT2D eigenvalue weighted by Gasteiger charge is -2.31. The highest BCUT2D eigenvalue weighted by atomic mass is 32.2. The van der Waals surface area contributed by atoms with Crippen molar-refractivity contribution in [3.63, 3.8) is 0 Å². The third-order valence-electron chi connectivity index (χ3n) is 3.55. The molecular weight excluding hydrogens is 198 g/mol. The van der Waals surface area contributed by atoms with Crippen molar-refractivity contribution in [2.24, 2.45) is 5.92 Å². The second kappa shape index (κ2) is 3.49. The third kappa shape index (κ3) is 2.28. The van der Waals surface area contributed by atoms with Crippen molar-refractivity contribution in [1.82, 2.24) is 5.32 Å². The second-order valence-electron chi connectivity index (χ2n) is 5.08. The van der Waals surface area contributed by atoms with Crippen LogP contribution in [-0.2, 0) is 9.84 Å². The van der Waals surface area contributed by atoms with Crippen LogP contribution < -0.4 is 5.32 Å². The zero-order valence-corrected chi connectivity index (χ0v) is 9.57. The Morgan fingerprint density at radius 1 is 1.43 bits per heavy atom. The third-order valence-corrected chi connectivity index (χ3v) is 5.45. The highest BCUT2D eigenvalue weighted by Crippen LogP contribution is 2.28. The van der Waals surface area contributed by atoms with Crippen molar-refractivity contribution in [3.8, 4) is 0 Å². The van der Waals surface area contributed by atoms with Crippen LogP contribution in [0.4, 0.5) is 0 Å². The van der Waals surface area contributed by atoms with Crippen molar-refractivity contribution in [2.45, 2.75) is 38.1 Å².